The van der Waals surface area contributed by atoms with Gasteiger partial charge in [-0.05, 0) is 104 Å². The van der Waals surface area contributed by atoms with Crippen molar-refractivity contribution in [3.8, 4) is 0 Å². The molecule has 27 heavy (non-hydrogen) atoms. The Morgan fingerprint density at radius 1 is 0.741 bits per heavy atom. The second-order valence-electron chi connectivity index (χ2n) is 12.4. The Balaban J connectivity index is 1.46. The lowest BCUT2D eigenvalue weighted by atomic mass is 9.44. The van der Waals surface area contributed by atoms with E-state index in [1.807, 2.05) is 0 Å². The molecule has 8 atom stereocenters. The van der Waals surface area contributed by atoms with Crippen LogP contribution in [0.4, 0.5) is 0 Å². The Kier molecular flexibility index (Phi) is 5.77. The first-order valence-corrected chi connectivity index (χ1v) is 12.9. The van der Waals surface area contributed by atoms with E-state index in [9.17, 15) is 0 Å². The van der Waals surface area contributed by atoms with Crippen molar-refractivity contribution in [2.45, 2.75) is 118 Å². The Labute approximate surface area is 170 Å². The maximum Gasteiger partial charge on any atom is -0.0264 e. The maximum atomic E-state index is 2.75. The average molecular weight is 373 g/mol. The van der Waals surface area contributed by atoms with E-state index in [0.717, 1.165) is 41.4 Å². The number of hydrogen-bond donors (Lipinski definition) is 0. The van der Waals surface area contributed by atoms with Gasteiger partial charge in [0.05, 0.1) is 0 Å². The molecular formula is C27H48. The molecule has 0 amide bonds. The first-order chi connectivity index (χ1) is 12.9. The monoisotopic (exact) mass is 372 g/mol. The van der Waals surface area contributed by atoms with Gasteiger partial charge in [0.25, 0.3) is 0 Å². The van der Waals surface area contributed by atoms with Crippen molar-refractivity contribution >= 4 is 0 Å². The van der Waals surface area contributed by atoms with Gasteiger partial charge in [-0.2, -0.15) is 0 Å². The van der Waals surface area contributed by atoms with E-state index < -0.39 is 0 Å². The van der Waals surface area contributed by atoms with Crippen LogP contribution in [0.2, 0.25) is 0 Å². The average Bonchev–Trinajstić information content (AvgIpc) is 2.98. The van der Waals surface area contributed by atoms with Gasteiger partial charge in [0.1, 0.15) is 0 Å². The lowest BCUT2D eigenvalue weighted by molar-refractivity contribution is -0.114. The van der Waals surface area contributed by atoms with Gasteiger partial charge in [-0.15, -0.1) is 0 Å². The Morgan fingerprint density at radius 2 is 1.52 bits per heavy atom. The van der Waals surface area contributed by atoms with Crippen molar-refractivity contribution < 1.29 is 0 Å². The van der Waals surface area contributed by atoms with Crippen molar-refractivity contribution in [1.29, 1.82) is 0 Å². The summed E-state index contributed by atoms with van der Waals surface area (Å²) in [7, 11) is 0. The molecule has 0 aromatic carbocycles. The fourth-order valence-corrected chi connectivity index (χ4v) is 9.32. The third-order valence-corrected chi connectivity index (χ3v) is 10.8. The second kappa shape index (κ2) is 7.68. The summed E-state index contributed by atoms with van der Waals surface area (Å²) in [4.78, 5) is 0. The topological polar surface area (TPSA) is 0 Å². The zero-order valence-corrected chi connectivity index (χ0v) is 19.2. The zero-order chi connectivity index (χ0) is 19.2. The fourth-order valence-electron chi connectivity index (χ4n) is 9.32. The quantitative estimate of drug-likeness (QED) is 0.453. The van der Waals surface area contributed by atoms with Crippen LogP contribution in [0.1, 0.15) is 118 Å². The van der Waals surface area contributed by atoms with Crippen LogP contribution in [-0.2, 0) is 0 Å². The van der Waals surface area contributed by atoms with Crippen LogP contribution in [-0.4, -0.2) is 0 Å². The van der Waals surface area contributed by atoms with Crippen molar-refractivity contribution in [1.82, 2.24) is 0 Å². The van der Waals surface area contributed by atoms with Gasteiger partial charge in [-0.1, -0.05) is 66.7 Å². The normalized spacial score (nSPS) is 48.0. The van der Waals surface area contributed by atoms with E-state index >= 15 is 0 Å². The van der Waals surface area contributed by atoms with Gasteiger partial charge in [0.15, 0.2) is 0 Å². The Hall–Kier alpha value is 0. The zero-order valence-electron chi connectivity index (χ0n) is 19.2. The molecule has 4 saturated carbocycles. The molecule has 4 aliphatic carbocycles. The largest absolute Gasteiger partial charge is 0.0628 e. The van der Waals surface area contributed by atoms with Gasteiger partial charge in [0, 0.05) is 0 Å². The van der Waals surface area contributed by atoms with E-state index in [2.05, 4.69) is 34.6 Å². The minimum absolute atomic E-state index is 0.677. The first kappa shape index (κ1) is 20.3. The van der Waals surface area contributed by atoms with Crippen LogP contribution in [0, 0.1) is 52.3 Å². The Morgan fingerprint density at radius 3 is 2.30 bits per heavy atom. The molecule has 0 bridgehead atoms. The van der Waals surface area contributed by atoms with E-state index in [0.29, 0.717) is 10.8 Å². The van der Waals surface area contributed by atoms with E-state index in [4.69, 9.17) is 0 Å². The van der Waals surface area contributed by atoms with Crippen LogP contribution in [0.5, 0.6) is 0 Å². The van der Waals surface area contributed by atoms with Crippen LogP contribution in [0.15, 0.2) is 0 Å². The van der Waals surface area contributed by atoms with Gasteiger partial charge >= 0.3 is 0 Å². The van der Waals surface area contributed by atoms with Gasteiger partial charge in [0.2, 0.25) is 0 Å². The molecule has 0 aliphatic heterocycles. The van der Waals surface area contributed by atoms with E-state index in [-0.39, 0.29) is 0 Å². The SMILES string of the molecule is CC(C)CCC[C@@H](C)C1CC[C@H]2[C@@H]3CC[C@H]4CCCC[C@]4(C)[C@H]3CC[C@]12C. The summed E-state index contributed by atoms with van der Waals surface area (Å²) in [5, 5.41) is 0. The van der Waals surface area contributed by atoms with Crippen LogP contribution in [0.3, 0.4) is 0 Å². The molecule has 4 aliphatic rings. The molecule has 156 valence electrons. The van der Waals surface area contributed by atoms with Gasteiger partial charge in [-0.3, -0.25) is 0 Å². The van der Waals surface area contributed by atoms with Crippen molar-refractivity contribution in [2.75, 3.05) is 0 Å². The third-order valence-electron chi connectivity index (χ3n) is 10.8. The highest BCUT2D eigenvalue weighted by Gasteiger charge is 2.59. The Bertz CT molecular complexity index is 506. The molecule has 0 nitrogen and oxygen atoms in total. The first-order valence-electron chi connectivity index (χ1n) is 12.9. The van der Waals surface area contributed by atoms with Gasteiger partial charge in [-0.25, -0.2) is 0 Å². The molecule has 0 heterocycles. The van der Waals surface area contributed by atoms with Gasteiger partial charge < -0.3 is 0 Å². The van der Waals surface area contributed by atoms with Crippen LogP contribution >= 0.6 is 0 Å². The molecule has 0 saturated heterocycles. The van der Waals surface area contributed by atoms with Crippen molar-refractivity contribution in [3.05, 3.63) is 0 Å². The number of hydrogen-bond acceptors (Lipinski definition) is 0. The fraction of sp³-hybridized carbons (Fsp3) is 1.00. The third kappa shape index (κ3) is 3.44. The summed E-state index contributed by atoms with van der Waals surface area (Å²) in [5.74, 6) is 7.15. The highest BCUT2D eigenvalue weighted by Crippen LogP contribution is 2.68. The molecule has 1 unspecified atom stereocenters. The van der Waals surface area contributed by atoms with E-state index in [1.165, 1.54) is 32.1 Å². The highest BCUT2D eigenvalue weighted by molar-refractivity contribution is 5.09. The van der Waals surface area contributed by atoms with Crippen LogP contribution < -0.4 is 0 Å². The smallest absolute Gasteiger partial charge is 0.0264 e. The maximum absolute atomic E-state index is 2.75. The summed E-state index contributed by atoms with van der Waals surface area (Å²) >= 11 is 0. The molecule has 0 radical (unpaired) electrons. The standard InChI is InChI=1S/C27H48/c1-19(2)9-8-10-20(3)23-14-15-24-22-13-12-21-11-6-7-17-26(21,4)25(22)16-18-27(23,24)5/h19-25H,6-18H2,1-5H3/t20-,21-,22+,23?,24+,25+,26+,27-/m1/s1. The second-order valence-corrected chi connectivity index (χ2v) is 12.4. The summed E-state index contributed by atoms with van der Waals surface area (Å²) in [6.45, 7) is 12.9. The number of fused-ring (bicyclic) bond motifs is 5. The minimum atomic E-state index is 0.677. The molecule has 4 rings (SSSR count). The molecule has 0 spiro atoms. The summed E-state index contributed by atoms with van der Waals surface area (Å²) in [5.41, 5.74) is 1.39. The highest BCUT2D eigenvalue weighted by atomic mass is 14.6. The van der Waals surface area contributed by atoms with Crippen LogP contribution in [0.25, 0.3) is 0 Å². The molecule has 0 N–H and O–H groups in total. The van der Waals surface area contributed by atoms with Crippen molar-refractivity contribution in [3.63, 3.8) is 0 Å². The van der Waals surface area contributed by atoms with Crippen molar-refractivity contribution in [2.24, 2.45) is 52.3 Å². The molecule has 0 aromatic rings. The summed E-state index contributed by atoms with van der Waals surface area (Å²) in [6.07, 6.45) is 19.9. The predicted octanol–water partition coefficient (Wildman–Crippen LogP) is 8.50. The predicted molar refractivity (Wildman–Crippen MR) is 118 cm³/mol. The lowest BCUT2D eigenvalue weighted by Crippen LogP contribution is -2.53. The molecule has 0 aromatic heterocycles. The lowest BCUT2D eigenvalue weighted by Gasteiger charge is -2.61. The minimum Gasteiger partial charge on any atom is -0.0628 e. The van der Waals surface area contributed by atoms with E-state index in [1.54, 1.807) is 51.4 Å². The molecule has 4 fully saturated rings. The summed E-state index contributed by atoms with van der Waals surface area (Å²) < 4.78 is 0. The molecule has 0 heteroatoms. The summed E-state index contributed by atoms with van der Waals surface area (Å²) in [6, 6.07) is 0. The molecular weight excluding hydrogens is 324 g/mol. The number of rotatable bonds is 5.